The summed E-state index contributed by atoms with van der Waals surface area (Å²) in [6.07, 6.45) is 2.21. The molecule has 0 fully saturated rings. The molecule has 0 aliphatic rings. The molecule has 5 nitrogen and oxygen atoms in total. The van der Waals surface area contributed by atoms with Gasteiger partial charge in [-0.05, 0) is 49.8 Å². The number of carbonyl (C=O) groups is 1. The van der Waals surface area contributed by atoms with Crippen molar-refractivity contribution in [2.75, 3.05) is 0 Å². The summed E-state index contributed by atoms with van der Waals surface area (Å²) in [6, 6.07) is 12.8. The molecule has 3 rings (SSSR count). The van der Waals surface area contributed by atoms with Crippen LogP contribution in [0.2, 0.25) is 10.0 Å². The number of carbonyl (C=O) groups excluding carboxylic acids is 1. The van der Waals surface area contributed by atoms with E-state index < -0.39 is 12.1 Å². The highest BCUT2D eigenvalue weighted by Crippen LogP contribution is 2.24. The Bertz CT molecular complexity index is 998. The van der Waals surface area contributed by atoms with Crippen molar-refractivity contribution in [1.29, 1.82) is 0 Å². The number of aromatic nitrogens is 2. The number of ether oxygens (including phenoxy) is 1. The summed E-state index contributed by atoms with van der Waals surface area (Å²) in [5.74, 6) is 0.0645. The highest BCUT2D eigenvalue weighted by atomic mass is 35.5. The fraction of sp³-hybridized carbons (Fsp3) is 0.150. The zero-order chi connectivity index (χ0) is 19.4. The Morgan fingerprint density at radius 1 is 1.15 bits per heavy atom. The van der Waals surface area contributed by atoms with E-state index in [4.69, 9.17) is 32.4 Å². The minimum atomic E-state index is -0.679. The maximum Gasteiger partial charge on any atom is 0.331 e. The van der Waals surface area contributed by atoms with Crippen molar-refractivity contribution >= 4 is 35.2 Å². The third kappa shape index (κ3) is 4.96. The summed E-state index contributed by atoms with van der Waals surface area (Å²) in [5.41, 5.74) is 2.62. The van der Waals surface area contributed by atoms with E-state index in [0.717, 1.165) is 16.7 Å². The normalized spacial score (nSPS) is 12.3. The molecule has 0 saturated heterocycles. The van der Waals surface area contributed by atoms with Crippen molar-refractivity contribution in [3.8, 4) is 11.5 Å². The Labute approximate surface area is 166 Å². The van der Waals surface area contributed by atoms with E-state index in [1.54, 1.807) is 31.2 Å². The summed E-state index contributed by atoms with van der Waals surface area (Å²) in [7, 11) is 0. The molecule has 0 N–H and O–H groups in total. The van der Waals surface area contributed by atoms with Gasteiger partial charge in [0.25, 0.3) is 5.89 Å². The van der Waals surface area contributed by atoms with Crippen LogP contribution in [0.4, 0.5) is 0 Å². The Morgan fingerprint density at radius 2 is 1.96 bits per heavy atom. The third-order valence-electron chi connectivity index (χ3n) is 3.70. The first-order valence-corrected chi connectivity index (χ1v) is 8.92. The quantitative estimate of drug-likeness (QED) is 0.406. The van der Waals surface area contributed by atoms with Crippen LogP contribution in [-0.2, 0) is 9.53 Å². The maximum atomic E-state index is 12.0. The lowest BCUT2D eigenvalue weighted by Gasteiger charge is -2.06. The van der Waals surface area contributed by atoms with Crippen molar-refractivity contribution < 1.29 is 13.9 Å². The van der Waals surface area contributed by atoms with Gasteiger partial charge in [0.2, 0.25) is 5.89 Å². The van der Waals surface area contributed by atoms with Crippen molar-refractivity contribution in [2.45, 2.75) is 20.0 Å². The summed E-state index contributed by atoms with van der Waals surface area (Å²) < 4.78 is 10.9. The van der Waals surface area contributed by atoms with Gasteiger partial charge in [0, 0.05) is 11.6 Å². The van der Waals surface area contributed by atoms with Crippen molar-refractivity contribution in [3.63, 3.8) is 0 Å². The van der Waals surface area contributed by atoms with Gasteiger partial charge in [0.05, 0.1) is 10.0 Å². The van der Waals surface area contributed by atoms with E-state index >= 15 is 0 Å². The van der Waals surface area contributed by atoms with Gasteiger partial charge in [-0.15, -0.1) is 10.2 Å². The molecular weight excluding hydrogens is 387 g/mol. The second-order valence-electron chi connectivity index (χ2n) is 5.90. The average Bonchev–Trinajstić information content (AvgIpc) is 3.13. The number of nitrogens with zero attached hydrogens (tertiary/aromatic N) is 2. The fourth-order valence-corrected chi connectivity index (χ4v) is 2.64. The van der Waals surface area contributed by atoms with Gasteiger partial charge in [-0.1, -0.05) is 47.0 Å². The molecule has 138 valence electrons. The Balaban J connectivity index is 1.64. The highest BCUT2D eigenvalue weighted by Gasteiger charge is 2.18. The minimum absolute atomic E-state index is 0.225. The Hall–Kier alpha value is -2.63. The molecule has 1 unspecified atom stereocenters. The van der Waals surface area contributed by atoms with E-state index in [1.807, 2.05) is 31.2 Å². The van der Waals surface area contributed by atoms with Crippen LogP contribution in [0.25, 0.3) is 17.5 Å². The predicted molar refractivity (Wildman–Crippen MR) is 104 cm³/mol. The molecule has 1 heterocycles. The molecule has 1 aromatic heterocycles. The number of aryl methyl sites for hydroxylation is 1. The van der Waals surface area contributed by atoms with Crippen LogP contribution >= 0.6 is 23.2 Å². The van der Waals surface area contributed by atoms with Crippen LogP contribution in [0.3, 0.4) is 0 Å². The lowest BCUT2D eigenvalue weighted by molar-refractivity contribution is -0.143. The van der Waals surface area contributed by atoms with Crippen LogP contribution in [0.1, 0.15) is 30.0 Å². The first-order chi connectivity index (χ1) is 12.9. The zero-order valence-electron chi connectivity index (χ0n) is 14.6. The molecule has 0 bridgehead atoms. The molecule has 2 aromatic carbocycles. The molecule has 0 amide bonds. The fourth-order valence-electron chi connectivity index (χ4n) is 2.34. The Kier molecular flexibility index (Phi) is 5.94. The van der Waals surface area contributed by atoms with Crippen LogP contribution in [-0.4, -0.2) is 16.2 Å². The van der Waals surface area contributed by atoms with Gasteiger partial charge in [0.1, 0.15) is 0 Å². The lowest BCUT2D eigenvalue weighted by Crippen LogP contribution is -2.06. The zero-order valence-corrected chi connectivity index (χ0v) is 16.2. The van der Waals surface area contributed by atoms with Gasteiger partial charge >= 0.3 is 5.97 Å². The second-order valence-corrected chi connectivity index (χ2v) is 6.72. The molecule has 0 saturated carbocycles. The highest BCUT2D eigenvalue weighted by molar-refractivity contribution is 6.42. The first kappa shape index (κ1) is 19.1. The molecule has 1 atom stereocenters. The monoisotopic (exact) mass is 402 g/mol. The van der Waals surface area contributed by atoms with Gasteiger partial charge in [-0.2, -0.15) is 0 Å². The van der Waals surface area contributed by atoms with E-state index in [2.05, 4.69) is 10.2 Å². The number of benzene rings is 2. The second kappa shape index (κ2) is 8.37. The summed E-state index contributed by atoms with van der Waals surface area (Å²) in [5, 5.41) is 8.84. The first-order valence-electron chi connectivity index (χ1n) is 8.16. The van der Waals surface area contributed by atoms with Crippen LogP contribution in [0, 0.1) is 6.92 Å². The molecule has 0 aliphatic carbocycles. The lowest BCUT2D eigenvalue weighted by atomic mass is 10.1. The van der Waals surface area contributed by atoms with E-state index in [0.29, 0.717) is 15.9 Å². The molecule has 0 radical (unpaired) electrons. The number of hydrogen-bond donors (Lipinski definition) is 0. The number of hydrogen-bond acceptors (Lipinski definition) is 5. The predicted octanol–water partition coefficient (Wildman–Crippen LogP) is 5.67. The van der Waals surface area contributed by atoms with Crippen molar-refractivity contribution in [2.24, 2.45) is 0 Å². The average molecular weight is 403 g/mol. The van der Waals surface area contributed by atoms with Gasteiger partial charge in [-0.3, -0.25) is 0 Å². The van der Waals surface area contributed by atoms with E-state index in [1.165, 1.54) is 6.08 Å². The van der Waals surface area contributed by atoms with Crippen molar-refractivity contribution in [1.82, 2.24) is 10.2 Å². The number of halogens is 2. The van der Waals surface area contributed by atoms with Gasteiger partial charge in [0.15, 0.2) is 6.10 Å². The van der Waals surface area contributed by atoms with E-state index in [9.17, 15) is 4.79 Å². The summed E-state index contributed by atoms with van der Waals surface area (Å²) in [4.78, 5) is 12.0. The topological polar surface area (TPSA) is 65.2 Å². The molecule has 0 aliphatic heterocycles. The smallest absolute Gasteiger partial charge is 0.331 e. The van der Waals surface area contributed by atoms with Crippen molar-refractivity contribution in [3.05, 3.63) is 75.6 Å². The van der Waals surface area contributed by atoms with Crippen LogP contribution < -0.4 is 0 Å². The standard InChI is InChI=1S/C20H16Cl2N2O3/c1-12-4-3-5-15(10-12)20-24-23-19(27-20)13(2)26-18(25)9-7-14-6-8-16(21)17(22)11-14/h3-11,13H,1-2H3/b9-7+. The third-order valence-corrected chi connectivity index (χ3v) is 4.44. The number of esters is 1. The van der Waals surface area contributed by atoms with E-state index in [-0.39, 0.29) is 5.89 Å². The Morgan fingerprint density at radius 3 is 2.70 bits per heavy atom. The summed E-state index contributed by atoms with van der Waals surface area (Å²) >= 11 is 11.8. The maximum absolute atomic E-state index is 12.0. The molecule has 3 aromatic rings. The molecule has 27 heavy (non-hydrogen) atoms. The van der Waals surface area contributed by atoms with Gasteiger partial charge in [-0.25, -0.2) is 4.79 Å². The van der Waals surface area contributed by atoms with Crippen LogP contribution in [0.15, 0.2) is 53.0 Å². The molecular formula is C20H16Cl2N2O3. The van der Waals surface area contributed by atoms with Crippen LogP contribution in [0.5, 0.6) is 0 Å². The molecule has 0 spiro atoms. The minimum Gasteiger partial charge on any atom is -0.449 e. The van der Waals surface area contributed by atoms with Gasteiger partial charge < -0.3 is 9.15 Å². The molecule has 7 heteroatoms. The largest absolute Gasteiger partial charge is 0.449 e. The number of rotatable bonds is 5. The SMILES string of the molecule is Cc1cccc(-c2nnc(C(C)OC(=O)/C=C/c3ccc(Cl)c(Cl)c3)o2)c1. The summed E-state index contributed by atoms with van der Waals surface area (Å²) in [6.45, 7) is 3.64.